The molecule has 4 heteroatoms. The molecular weight excluding hydrogens is 262 g/mol. The Labute approximate surface area is 120 Å². The maximum absolute atomic E-state index is 12.5. The fourth-order valence-electron chi connectivity index (χ4n) is 2.09. The Kier molecular flexibility index (Phi) is 5.83. The number of hydrogen-bond donors (Lipinski definition) is 0. The number of halogens is 1. The van der Waals surface area contributed by atoms with Gasteiger partial charge in [-0.15, -0.1) is 0 Å². The highest BCUT2D eigenvalue weighted by Crippen LogP contribution is 2.21. The van der Waals surface area contributed by atoms with Crippen molar-refractivity contribution >= 4 is 17.5 Å². The number of rotatable bonds is 6. The first-order valence-electron chi connectivity index (χ1n) is 6.44. The quantitative estimate of drug-likeness (QED) is 0.800. The summed E-state index contributed by atoms with van der Waals surface area (Å²) < 4.78 is 5.20. The lowest BCUT2D eigenvalue weighted by molar-refractivity contribution is 0.0525. The van der Waals surface area contributed by atoms with E-state index in [1.165, 1.54) is 0 Å². The number of amides is 1. The van der Waals surface area contributed by atoms with Crippen molar-refractivity contribution in [2.24, 2.45) is 5.41 Å². The van der Waals surface area contributed by atoms with Gasteiger partial charge in [0.15, 0.2) is 0 Å². The molecule has 0 aliphatic carbocycles. The van der Waals surface area contributed by atoms with Crippen LogP contribution in [0.25, 0.3) is 0 Å². The van der Waals surface area contributed by atoms with Gasteiger partial charge in [-0.1, -0.05) is 37.6 Å². The predicted octanol–water partition coefficient (Wildman–Crippen LogP) is 3.47. The molecule has 0 bridgehead atoms. The second kappa shape index (κ2) is 6.92. The number of carbonyl (C=O) groups is 1. The normalized spacial score (nSPS) is 11.4. The van der Waals surface area contributed by atoms with Gasteiger partial charge in [-0.25, -0.2) is 0 Å². The Bertz CT molecular complexity index is 432. The summed E-state index contributed by atoms with van der Waals surface area (Å²) in [6, 6.07) is 7.15. The van der Waals surface area contributed by atoms with Gasteiger partial charge in [0.1, 0.15) is 0 Å². The van der Waals surface area contributed by atoms with Crippen LogP contribution in [0, 0.1) is 5.41 Å². The topological polar surface area (TPSA) is 29.5 Å². The lowest BCUT2D eigenvalue weighted by Gasteiger charge is -2.31. The van der Waals surface area contributed by atoms with Gasteiger partial charge in [0.2, 0.25) is 0 Å². The number of benzene rings is 1. The van der Waals surface area contributed by atoms with Gasteiger partial charge < -0.3 is 9.64 Å². The monoisotopic (exact) mass is 283 g/mol. The van der Waals surface area contributed by atoms with Gasteiger partial charge in [-0.05, 0) is 19.1 Å². The van der Waals surface area contributed by atoms with E-state index < -0.39 is 0 Å². The summed E-state index contributed by atoms with van der Waals surface area (Å²) in [4.78, 5) is 14.3. The molecule has 3 nitrogen and oxygen atoms in total. The summed E-state index contributed by atoms with van der Waals surface area (Å²) >= 11 is 6.08. The zero-order valence-corrected chi connectivity index (χ0v) is 12.8. The molecule has 0 aromatic heterocycles. The van der Waals surface area contributed by atoms with Gasteiger partial charge in [0, 0.05) is 25.6 Å². The third-order valence-electron chi connectivity index (χ3n) is 2.93. The smallest absolute Gasteiger partial charge is 0.255 e. The van der Waals surface area contributed by atoms with Crippen molar-refractivity contribution in [1.82, 2.24) is 4.90 Å². The molecule has 0 unspecified atom stereocenters. The van der Waals surface area contributed by atoms with Crippen LogP contribution in [0.4, 0.5) is 0 Å². The summed E-state index contributed by atoms with van der Waals surface area (Å²) in [6.07, 6.45) is 0. The lowest BCUT2D eigenvalue weighted by atomic mass is 9.93. The van der Waals surface area contributed by atoms with Gasteiger partial charge in [0.25, 0.3) is 5.91 Å². The Morgan fingerprint density at radius 2 is 2.00 bits per heavy atom. The number of methoxy groups -OCH3 is 1. The summed E-state index contributed by atoms with van der Waals surface area (Å²) in [5, 5.41) is 0.496. The molecule has 106 valence electrons. The van der Waals surface area contributed by atoms with Crippen LogP contribution >= 0.6 is 11.6 Å². The maximum Gasteiger partial charge on any atom is 0.255 e. The van der Waals surface area contributed by atoms with Crippen LogP contribution in [0.5, 0.6) is 0 Å². The Hall–Kier alpha value is -1.06. The third-order valence-corrected chi connectivity index (χ3v) is 3.26. The molecular formula is C15H22ClNO2. The van der Waals surface area contributed by atoms with Crippen molar-refractivity contribution in [3.05, 3.63) is 34.9 Å². The first-order valence-corrected chi connectivity index (χ1v) is 6.82. The number of ether oxygens (including phenoxy) is 1. The minimum atomic E-state index is -0.0817. The van der Waals surface area contributed by atoms with E-state index in [-0.39, 0.29) is 11.3 Å². The number of hydrogen-bond acceptors (Lipinski definition) is 2. The van der Waals surface area contributed by atoms with E-state index >= 15 is 0 Å². The Balaban J connectivity index is 2.86. The van der Waals surface area contributed by atoms with E-state index in [4.69, 9.17) is 16.3 Å². The molecule has 0 radical (unpaired) electrons. The van der Waals surface area contributed by atoms with E-state index in [1.54, 1.807) is 24.1 Å². The highest BCUT2D eigenvalue weighted by molar-refractivity contribution is 6.33. The SMILES string of the molecule is CCN(CC(C)(C)COC)C(=O)c1ccccc1Cl. The van der Waals surface area contributed by atoms with Crippen LogP contribution < -0.4 is 0 Å². The molecule has 1 amide bonds. The van der Waals surface area contributed by atoms with E-state index in [2.05, 4.69) is 13.8 Å². The van der Waals surface area contributed by atoms with Crippen molar-refractivity contribution in [2.75, 3.05) is 26.8 Å². The van der Waals surface area contributed by atoms with Crippen LogP contribution in [0.1, 0.15) is 31.1 Å². The van der Waals surface area contributed by atoms with Gasteiger partial charge in [0.05, 0.1) is 17.2 Å². The molecule has 0 spiro atoms. The van der Waals surface area contributed by atoms with Crippen LogP contribution in [-0.2, 0) is 4.74 Å². The molecule has 0 aliphatic heterocycles. The molecule has 0 saturated carbocycles. The average Bonchev–Trinajstić information content (AvgIpc) is 2.35. The summed E-state index contributed by atoms with van der Waals surface area (Å²) in [7, 11) is 1.67. The zero-order valence-electron chi connectivity index (χ0n) is 12.1. The molecule has 1 aromatic rings. The van der Waals surface area contributed by atoms with Crippen LogP contribution in [-0.4, -0.2) is 37.6 Å². The van der Waals surface area contributed by atoms with Crippen LogP contribution in [0.2, 0.25) is 5.02 Å². The van der Waals surface area contributed by atoms with E-state index in [9.17, 15) is 4.79 Å². The highest BCUT2D eigenvalue weighted by atomic mass is 35.5. The predicted molar refractivity (Wildman–Crippen MR) is 78.7 cm³/mol. The maximum atomic E-state index is 12.5. The molecule has 0 aliphatic rings. The molecule has 0 fully saturated rings. The summed E-state index contributed by atoms with van der Waals surface area (Å²) in [5.74, 6) is -0.0303. The standard InChI is InChI=1S/C15H22ClNO2/c1-5-17(10-15(2,3)11-19-4)14(18)12-8-6-7-9-13(12)16/h6-9H,5,10-11H2,1-4H3. The van der Waals surface area contributed by atoms with Gasteiger partial charge in [-0.2, -0.15) is 0 Å². The molecule has 0 atom stereocenters. The van der Waals surface area contributed by atoms with Gasteiger partial charge >= 0.3 is 0 Å². The van der Waals surface area contributed by atoms with Crippen molar-refractivity contribution in [3.8, 4) is 0 Å². The van der Waals surface area contributed by atoms with E-state index in [0.29, 0.717) is 30.3 Å². The zero-order chi connectivity index (χ0) is 14.5. The van der Waals surface area contributed by atoms with Crippen molar-refractivity contribution < 1.29 is 9.53 Å². The largest absolute Gasteiger partial charge is 0.384 e. The average molecular weight is 284 g/mol. The second-order valence-corrected chi connectivity index (χ2v) is 5.80. The van der Waals surface area contributed by atoms with Crippen LogP contribution in [0.15, 0.2) is 24.3 Å². The van der Waals surface area contributed by atoms with Gasteiger partial charge in [-0.3, -0.25) is 4.79 Å². The summed E-state index contributed by atoms with van der Waals surface area (Å²) in [5.41, 5.74) is 0.473. The highest BCUT2D eigenvalue weighted by Gasteiger charge is 2.25. The van der Waals surface area contributed by atoms with Crippen molar-refractivity contribution in [1.29, 1.82) is 0 Å². The van der Waals surface area contributed by atoms with E-state index in [1.807, 2.05) is 19.1 Å². The number of nitrogens with zero attached hydrogens (tertiary/aromatic N) is 1. The molecule has 0 saturated heterocycles. The fraction of sp³-hybridized carbons (Fsp3) is 0.533. The minimum absolute atomic E-state index is 0.0303. The molecule has 0 N–H and O–H groups in total. The van der Waals surface area contributed by atoms with E-state index in [0.717, 1.165) is 0 Å². The molecule has 19 heavy (non-hydrogen) atoms. The molecule has 1 aromatic carbocycles. The minimum Gasteiger partial charge on any atom is -0.384 e. The number of carbonyl (C=O) groups excluding carboxylic acids is 1. The van der Waals surface area contributed by atoms with Crippen molar-refractivity contribution in [2.45, 2.75) is 20.8 Å². The summed E-state index contributed by atoms with van der Waals surface area (Å²) in [6.45, 7) is 8.04. The van der Waals surface area contributed by atoms with Crippen molar-refractivity contribution in [3.63, 3.8) is 0 Å². The first-order chi connectivity index (χ1) is 8.91. The molecule has 1 rings (SSSR count). The Morgan fingerprint density at radius 1 is 1.37 bits per heavy atom. The third kappa shape index (κ3) is 4.51. The van der Waals surface area contributed by atoms with Crippen LogP contribution in [0.3, 0.4) is 0 Å². The lowest BCUT2D eigenvalue weighted by Crippen LogP contribution is -2.40. The fourth-order valence-corrected chi connectivity index (χ4v) is 2.30. The first kappa shape index (κ1) is 16.0. The second-order valence-electron chi connectivity index (χ2n) is 5.40. The molecule has 0 heterocycles. The Morgan fingerprint density at radius 3 is 2.53 bits per heavy atom.